The molecule has 1 aliphatic heterocycles. The van der Waals surface area contributed by atoms with Gasteiger partial charge in [-0.2, -0.15) is 0 Å². The zero-order chi connectivity index (χ0) is 13.1. The third kappa shape index (κ3) is 2.79. The van der Waals surface area contributed by atoms with Gasteiger partial charge in [-0.1, -0.05) is 17.7 Å². The minimum Gasteiger partial charge on any atom is -0.460 e. The fraction of sp³-hybridized carbons (Fsp3) is 0.333. The van der Waals surface area contributed by atoms with Gasteiger partial charge in [0.15, 0.2) is 0 Å². The summed E-state index contributed by atoms with van der Waals surface area (Å²) >= 11 is 5.66. The number of benzene rings is 1. The molecule has 1 saturated heterocycles. The summed E-state index contributed by atoms with van der Waals surface area (Å²) in [5, 5.41) is 2.41. The van der Waals surface area contributed by atoms with Crippen LogP contribution in [-0.2, 0) is 9.53 Å². The van der Waals surface area contributed by atoms with Crippen LogP contribution < -0.4 is 5.32 Å². The van der Waals surface area contributed by atoms with Crippen molar-refractivity contribution in [3.05, 3.63) is 34.6 Å². The Kier molecular flexibility index (Phi) is 3.81. The summed E-state index contributed by atoms with van der Waals surface area (Å²) in [5.74, 6) is -1.42. The lowest BCUT2D eigenvalue weighted by atomic mass is 10.2. The normalized spacial score (nSPS) is 18.6. The standard InChI is InChI=1S/C12H11ClFNO3/c13-11-8(2-1-3-9(11)14)12(17)18-6-7-4-5-10(16)15-7/h1-3,7H,4-6H2,(H,15,16)/t7-/m0/s1. The van der Waals surface area contributed by atoms with E-state index in [-0.39, 0.29) is 29.1 Å². The van der Waals surface area contributed by atoms with Crippen LogP contribution in [0, 0.1) is 5.82 Å². The van der Waals surface area contributed by atoms with Crippen molar-refractivity contribution < 1.29 is 18.7 Å². The van der Waals surface area contributed by atoms with Crippen LogP contribution in [-0.4, -0.2) is 24.5 Å². The van der Waals surface area contributed by atoms with Gasteiger partial charge in [0.05, 0.1) is 16.6 Å². The Bertz CT molecular complexity index is 492. The summed E-state index contributed by atoms with van der Waals surface area (Å²) < 4.78 is 18.1. The van der Waals surface area contributed by atoms with E-state index in [1.807, 2.05) is 0 Å². The highest BCUT2D eigenvalue weighted by Gasteiger charge is 2.23. The molecule has 0 saturated carbocycles. The van der Waals surface area contributed by atoms with Gasteiger partial charge in [-0.05, 0) is 18.6 Å². The van der Waals surface area contributed by atoms with Crippen molar-refractivity contribution in [2.45, 2.75) is 18.9 Å². The first-order chi connectivity index (χ1) is 8.58. The lowest BCUT2D eigenvalue weighted by molar-refractivity contribution is -0.119. The molecule has 1 atom stereocenters. The van der Waals surface area contributed by atoms with E-state index in [9.17, 15) is 14.0 Å². The number of hydrogen-bond acceptors (Lipinski definition) is 3. The van der Waals surface area contributed by atoms with Gasteiger partial charge in [0, 0.05) is 6.42 Å². The predicted octanol–water partition coefficient (Wildman–Crippen LogP) is 1.91. The molecule has 1 aromatic carbocycles. The van der Waals surface area contributed by atoms with E-state index in [4.69, 9.17) is 16.3 Å². The van der Waals surface area contributed by atoms with Crippen LogP contribution in [0.4, 0.5) is 4.39 Å². The molecule has 1 fully saturated rings. The summed E-state index contributed by atoms with van der Waals surface area (Å²) in [6.45, 7) is 0.0669. The third-order valence-corrected chi connectivity index (χ3v) is 3.06. The molecule has 6 heteroatoms. The van der Waals surface area contributed by atoms with Crippen LogP contribution in [0.25, 0.3) is 0 Å². The van der Waals surface area contributed by atoms with Gasteiger partial charge < -0.3 is 10.1 Å². The number of nitrogens with one attached hydrogen (secondary N) is 1. The molecule has 0 bridgehead atoms. The van der Waals surface area contributed by atoms with Crippen LogP contribution in [0.2, 0.25) is 5.02 Å². The maximum atomic E-state index is 13.1. The van der Waals surface area contributed by atoms with Crippen molar-refractivity contribution in [2.75, 3.05) is 6.61 Å². The fourth-order valence-electron chi connectivity index (χ4n) is 1.72. The largest absolute Gasteiger partial charge is 0.460 e. The van der Waals surface area contributed by atoms with Crippen molar-refractivity contribution in [3.8, 4) is 0 Å². The van der Waals surface area contributed by atoms with E-state index >= 15 is 0 Å². The highest BCUT2D eigenvalue weighted by atomic mass is 35.5. The van der Waals surface area contributed by atoms with Crippen molar-refractivity contribution in [1.29, 1.82) is 0 Å². The van der Waals surface area contributed by atoms with Crippen molar-refractivity contribution >= 4 is 23.5 Å². The fourth-order valence-corrected chi connectivity index (χ4v) is 1.92. The van der Waals surface area contributed by atoms with E-state index in [2.05, 4.69) is 5.32 Å². The Morgan fingerprint density at radius 3 is 3.00 bits per heavy atom. The Morgan fingerprint density at radius 2 is 2.33 bits per heavy atom. The number of rotatable bonds is 3. The zero-order valence-electron chi connectivity index (χ0n) is 9.41. The first kappa shape index (κ1) is 12.8. The number of esters is 1. The third-order valence-electron chi connectivity index (χ3n) is 2.67. The van der Waals surface area contributed by atoms with E-state index in [1.54, 1.807) is 0 Å². The average Bonchev–Trinajstić information content (AvgIpc) is 2.76. The molecule has 1 aromatic rings. The molecule has 1 aliphatic rings. The molecule has 0 aliphatic carbocycles. The van der Waals surface area contributed by atoms with E-state index in [0.717, 1.165) is 6.07 Å². The van der Waals surface area contributed by atoms with Gasteiger partial charge in [-0.15, -0.1) is 0 Å². The van der Waals surface area contributed by atoms with Crippen LogP contribution in [0.3, 0.4) is 0 Å². The van der Waals surface area contributed by atoms with Gasteiger partial charge in [0.25, 0.3) is 0 Å². The number of carbonyl (C=O) groups excluding carboxylic acids is 2. The van der Waals surface area contributed by atoms with E-state index in [0.29, 0.717) is 12.8 Å². The molecular formula is C12H11ClFNO3. The van der Waals surface area contributed by atoms with Gasteiger partial charge in [-0.25, -0.2) is 9.18 Å². The second kappa shape index (κ2) is 5.35. The molecule has 0 radical (unpaired) electrons. The maximum Gasteiger partial charge on any atom is 0.339 e. The number of amides is 1. The SMILES string of the molecule is O=C1CC[C@@H](COC(=O)c2cccc(F)c2Cl)N1. The molecule has 4 nitrogen and oxygen atoms in total. The van der Waals surface area contributed by atoms with E-state index < -0.39 is 11.8 Å². The second-order valence-corrected chi connectivity index (χ2v) is 4.38. The van der Waals surface area contributed by atoms with Gasteiger partial charge in [0.1, 0.15) is 12.4 Å². The van der Waals surface area contributed by atoms with Crippen LogP contribution in [0.1, 0.15) is 23.2 Å². The minimum absolute atomic E-state index is 0.0130. The molecule has 1 N–H and O–H groups in total. The van der Waals surface area contributed by atoms with Gasteiger partial charge in [0.2, 0.25) is 5.91 Å². The summed E-state index contributed by atoms with van der Waals surface area (Å²) in [6, 6.07) is 3.76. The van der Waals surface area contributed by atoms with Crippen molar-refractivity contribution in [1.82, 2.24) is 5.32 Å². The zero-order valence-corrected chi connectivity index (χ0v) is 10.2. The maximum absolute atomic E-state index is 13.1. The summed E-state index contributed by atoms with van der Waals surface area (Å²) in [7, 11) is 0. The van der Waals surface area contributed by atoms with Gasteiger partial charge in [-0.3, -0.25) is 4.79 Å². The molecule has 96 valence electrons. The Labute approximate surface area is 108 Å². The van der Waals surface area contributed by atoms with Gasteiger partial charge >= 0.3 is 5.97 Å². The summed E-state index contributed by atoms with van der Waals surface area (Å²) in [4.78, 5) is 22.6. The molecular weight excluding hydrogens is 261 g/mol. The number of carbonyl (C=O) groups is 2. The smallest absolute Gasteiger partial charge is 0.339 e. The Morgan fingerprint density at radius 1 is 1.56 bits per heavy atom. The Balaban J connectivity index is 1.95. The van der Waals surface area contributed by atoms with Crippen LogP contribution >= 0.6 is 11.6 Å². The van der Waals surface area contributed by atoms with Crippen molar-refractivity contribution in [2.24, 2.45) is 0 Å². The minimum atomic E-state index is -0.694. The molecule has 18 heavy (non-hydrogen) atoms. The molecule has 1 amide bonds. The topological polar surface area (TPSA) is 55.4 Å². The molecule has 0 unspecified atom stereocenters. The van der Waals surface area contributed by atoms with E-state index in [1.165, 1.54) is 12.1 Å². The molecule has 2 rings (SSSR count). The quantitative estimate of drug-likeness (QED) is 0.855. The molecule has 0 aromatic heterocycles. The lowest BCUT2D eigenvalue weighted by Crippen LogP contribution is -2.30. The summed E-state index contributed by atoms with van der Waals surface area (Å²) in [6.07, 6.45) is 1.06. The highest BCUT2D eigenvalue weighted by molar-refractivity contribution is 6.33. The number of ether oxygens (including phenoxy) is 1. The lowest BCUT2D eigenvalue weighted by Gasteiger charge is -2.11. The average molecular weight is 272 g/mol. The molecule has 1 heterocycles. The number of halogens is 2. The Hall–Kier alpha value is -1.62. The predicted molar refractivity (Wildman–Crippen MR) is 62.9 cm³/mol. The number of hydrogen-bond donors (Lipinski definition) is 1. The van der Waals surface area contributed by atoms with Crippen LogP contribution in [0.15, 0.2) is 18.2 Å². The second-order valence-electron chi connectivity index (χ2n) is 4.00. The highest BCUT2D eigenvalue weighted by Crippen LogP contribution is 2.20. The molecule has 0 spiro atoms. The first-order valence-electron chi connectivity index (χ1n) is 5.48. The van der Waals surface area contributed by atoms with Crippen molar-refractivity contribution in [3.63, 3.8) is 0 Å². The summed E-state index contributed by atoms with van der Waals surface area (Å²) in [5.41, 5.74) is -0.0130. The monoisotopic (exact) mass is 271 g/mol. The van der Waals surface area contributed by atoms with Crippen LogP contribution in [0.5, 0.6) is 0 Å². The first-order valence-corrected chi connectivity index (χ1v) is 5.86.